The van der Waals surface area contributed by atoms with Gasteiger partial charge in [-0.3, -0.25) is 9.97 Å². The van der Waals surface area contributed by atoms with Crippen molar-refractivity contribution in [1.29, 1.82) is 0 Å². The molecule has 142 valence electrons. The Morgan fingerprint density at radius 1 is 0.586 bits per heavy atom. The summed E-state index contributed by atoms with van der Waals surface area (Å²) in [6, 6.07) is 25.2. The molecule has 3 aromatic heterocycles. The molecule has 0 atom stereocenters. The SMILES string of the molecule is CC(C)(C)n1c2c(-c3ccccn3)cccc2c2cccc(-c3ccccn3)c21. The summed E-state index contributed by atoms with van der Waals surface area (Å²) in [5, 5.41) is 2.49. The maximum Gasteiger partial charge on any atom is 0.0723 e. The molecule has 3 heteroatoms. The van der Waals surface area contributed by atoms with Crippen molar-refractivity contribution in [3.05, 3.63) is 85.2 Å². The number of rotatable bonds is 2. The van der Waals surface area contributed by atoms with E-state index in [2.05, 4.69) is 83.8 Å². The molecule has 5 rings (SSSR count). The van der Waals surface area contributed by atoms with Crippen LogP contribution in [-0.2, 0) is 5.54 Å². The normalized spacial score (nSPS) is 12.0. The van der Waals surface area contributed by atoms with Gasteiger partial charge in [0.2, 0.25) is 0 Å². The minimum Gasteiger partial charge on any atom is -0.334 e. The number of pyridine rings is 2. The van der Waals surface area contributed by atoms with Gasteiger partial charge in [-0.2, -0.15) is 0 Å². The van der Waals surface area contributed by atoms with E-state index in [1.807, 2.05) is 36.7 Å². The molecule has 0 aliphatic rings. The third kappa shape index (κ3) is 2.82. The molecular weight excluding hydrogens is 354 g/mol. The fraction of sp³-hybridized carbons (Fsp3) is 0.154. The fourth-order valence-electron chi connectivity index (χ4n) is 4.24. The van der Waals surface area contributed by atoms with Crippen LogP contribution >= 0.6 is 0 Å². The van der Waals surface area contributed by atoms with E-state index in [9.17, 15) is 0 Å². The number of fused-ring (bicyclic) bond motifs is 3. The molecule has 0 aliphatic heterocycles. The minimum absolute atomic E-state index is 0.115. The molecule has 0 fully saturated rings. The van der Waals surface area contributed by atoms with Crippen molar-refractivity contribution in [3.63, 3.8) is 0 Å². The third-order valence-corrected chi connectivity index (χ3v) is 5.36. The van der Waals surface area contributed by atoms with Crippen molar-refractivity contribution in [2.45, 2.75) is 26.3 Å². The highest BCUT2D eigenvalue weighted by Crippen LogP contribution is 2.42. The Kier molecular flexibility index (Phi) is 3.99. The first-order chi connectivity index (χ1) is 14.1. The van der Waals surface area contributed by atoms with Crippen molar-refractivity contribution in [3.8, 4) is 22.5 Å². The second kappa shape index (κ2) is 6.56. The van der Waals surface area contributed by atoms with E-state index in [4.69, 9.17) is 0 Å². The summed E-state index contributed by atoms with van der Waals surface area (Å²) in [6.07, 6.45) is 3.72. The topological polar surface area (TPSA) is 30.7 Å². The standard InChI is InChI=1S/C26H23N3/c1-26(2,3)29-24-18(10-8-12-20(24)22-14-4-6-16-27-22)19-11-9-13-21(25(19)29)23-15-5-7-17-28-23/h4-17H,1-3H3. The zero-order chi connectivity index (χ0) is 20.0. The van der Waals surface area contributed by atoms with E-state index in [1.165, 1.54) is 21.8 Å². The smallest absolute Gasteiger partial charge is 0.0723 e. The Hall–Kier alpha value is -3.46. The van der Waals surface area contributed by atoms with Crippen molar-refractivity contribution < 1.29 is 0 Å². The van der Waals surface area contributed by atoms with Crippen LogP contribution in [-0.4, -0.2) is 14.5 Å². The molecule has 0 saturated heterocycles. The van der Waals surface area contributed by atoms with Crippen LogP contribution in [0.15, 0.2) is 85.2 Å². The van der Waals surface area contributed by atoms with Crippen LogP contribution < -0.4 is 0 Å². The van der Waals surface area contributed by atoms with E-state index in [0.29, 0.717) is 0 Å². The molecule has 2 aromatic carbocycles. The maximum atomic E-state index is 4.65. The average Bonchev–Trinajstić information content (AvgIpc) is 3.10. The van der Waals surface area contributed by atoms with Gasteiger partial charge >= 0.3 is 0 Å². The van der Waals surface area contributed by atoms with Gasteiger partial charge in [0.15, 0.2) is 0 Å². The molecule has 0 aliphatic carbocycles. The number of benzene rings is 2. The summed E-state index contributed by atoms with van der Waals surface area (Å²) < 4.78 is 2.46. The van der Waals surface area contributed by atoms with Gasteiger partial charge in [-0.05, 0) is 45.0 Å². The lowest BCUT2D eigenvalue weighted by Crippen LogP contribution is -2.22. The quantitative estimate of drug-likeness (QED) is 0.344. The third-order valence-electron chi connectivity index (χ3n) is 5.36. The molecule has 0 spiro atoms. The monoisotopic (exact) mass is 377 g/mol. The highest BCUT2D eigenvalue weighted by Gasteiger charge is 2.25. The van der Waals surface area contributed by atoms with E-state index in [0.717, 1.165) is 22.5 Å². The van der Waals surface area contributed by atoms with Gasteiger partial charge in [0.05, 0.1) is 22.4 Å². The van der Waals surface area contributed by atoms with Gasteiger partial charge in [-0.15, -0.1) is 0 Å². The van der Waals surface area contributed by atoms with Crippen molar-refractivity contribution >= 4 is 21.8 Å². The van der Waals surface area contributed by atoms with Gasteiger partial charge < -0.3 is 4.57 Å². The van der Waals surface area contributed by atoms with Gasteiger partial charge in [0.1, 0.15) is 0 Å². The first-order valence-electron chi connectivity index (χ1n) is 9.95. The second-order valence-corrected chi connectivity index (χ2v) is 8.34. The first kappa shape index (κ1) is 17.6. The van der Waals surface area contributed by atoms with Crippen LogP contribution in [0.1, 0.15) is 20.8 Å². The molecule has 0 bridgehead atoms. The number of hydrogen-bond acceptors (Lipinski definition) is 2. The van der Waals surface area contributed by atoms with E-state index < -0.39 is 0 Å². The summed E-state index contributed by atoms with van der Waals surface area (Å²) >= 11 is 0. The van der Waals surface area contributed by atoms with Crippen LogP contribution in [0.25, 0.3) is 44.3 Å². The number of aromatic nitrogens is 3. The lowest BCUT2D eigenvalue weighted by molar-refractivity contribution is 0.423. The molecule has 0 N–H and O–H groups in total. The van der Waals surface area contributed by atoms with Crippen molar-refractivity contribution in [1.82, 2.24) is 14.5 Å². The van der Waals surface area contributed by atoms with E-state index >= 15 is 0 Å². The minimum atomic E-state index is -0.115. The Balaban J connectivity index is 2.00. The van der Waals surface area contributed by atoms with E-state index in [-0.39, 0.29) is 5.54 Å². The van der Waals surface area contributed by atoms with Crippen LogP contribution in [0.3, 0.4) is 0 Å². The molecule has 29 heavy (non-hydrogen) atoms. The number of hydrogen-bond donors (Lipinski definition) is 0. The average molecular weight is 377 g/mol. The highest BCUT2D eigenvalue weighted by molar-refractivity contribution is 6.16. The van der Waals surface area contributed by atoms with Gasteiger partial charge in [0.25, 0.3) is 0 Å². The van der Waals surface area contributed by atoms with Gasteiger partial charge in [-0.25, -0.2) is 0 Å². The molecule has 0 unspecified atom stereocenters. The lowest BCUT2D eigenvalue weighted by Gasteiger charge is -2.26. The highest BCUT2D eigenvalue weighted by atomic mass is 15.1. The summed E-state index contributed by atoms with van der Waals surface area (Å²) in [6.45, 7) is 6.78. The van der Waals surface area contributed by atoms with Gasteiger partial charge in [-0.1, -0.05) is 48.5 Å². The largest absolute Gasteiger partial charge is 0.334 e. The van der Waals surface area contributed by atoms with Crippen LogP contribution in [0.2, 0.25) is 0 Å². The predicted octanol–water partition coefficient (Wildman–Crippen LogP) is 6.67. The molecule has 0 amide bonds. The Morgan fingerprint density at radius 3 is 1.45 bits per heavy atom. The summed E-state index contributed by atoms with van der Waals surface area (Å²) in [5.74, 6) is 0. The van der Waals surface area contributed by atoms with E-state index in [1.54, 1.807) is 0 Å². The van der Waals surface area contributed by atoms with Crippen molar-refractivity contribution in [2.75, 3.05) is 0 Å². The Morgan fingerprint density at radius 2 is 1.07 bits per heavy atom. The number of para-hydroxylation sites is 2. The fourth-order valence-corrected chi connectivity index (χ4v) is 4.24. The van der Waals surface area contributed by atoms with Crippen LogP contribution in [0.4, 0.5) is 0 Å². The predicted molar refractivity (Wildman–Crippen MR) is 121 cm³/mol. The van der Waals surface area contributed by atoms with Crippen molar-refractivity contribution in [2.24, 2.45) is 0 Å². The first-order valence-corrected chi connectivity index (χ1v) is 9.95. The number of nitrogens with zero attached hydrogens (tertiary/aromatic N) is 3. The molecule has 3 heterocycles. The zero-order valence-corrected chi connectivity index (χ0v) is 16.9. The summed E-state index contributed by atoms with van der Waals surface area (Å²) in [4.78, 5) is 9.29. The summed E-state index contributed by atoms with van der Waals surface area (Å²) in [7, 11) is 0. The molecule has 0 saturated carbocycles. The molecule has 3 nitrogen and oxygen atoms in total. The summed E-state index contributed by atoms with van der Waals surface area (Å²) in [5.41, 5.74) is 6.61. The Bertz CT molecular complexity index is 1210. The van der Waals surface area contributed by atoms with Crippen LogP contribution in [0.5, 0.6) is 0 Å². The Labute approximate surface area is 170 Å². The lowest BCUT2D eigenvalue weighted by atomic mass is 10.0. The van der Waals surface area contributed by atoms with Crippen LogP contribution in [0, 0.1) is 0 Å². The molecular formula is C26H23N3. The second-order valence-electron chi connectivity index (χ2n) is 8.34. The molecule has 0 radical (unpaired) electrons. The van der Waals surface area contributed by atoms with Gasteiger partial charge in [0, 0.05) is 39.8 Å². The zero-order valence-electron chi connectivity index (χ0n) is 16.9. The molecule has 5 aromatic rings. The maximum absolute atomic E-state index is 4.65.